The molecule has 1 aromatic rings. The molecule has 0 saturated heterocycles. The standard InChI is InChI=1S/C7H6O5S.H3N/c8-7(9)5-3-1-2-4-6(5)13(10,11)12;/h1-4H,(H,8,9)(H,10,11,12);1H3/p+1. The van der Waals surface area contributed by atoms with Crippen LogP contribution < -0.4 is 6.15 Å². The van der Waals surface area contributed by atoms with Gasteiger partial charge in [0.25, 0.3) is 10.1 Å². The Bertz CT molecular complexity index is 439. The first-order chi connectivity index (χ1) is 5.93. The zero-order valence-corrected chi connectivity index (χ0v) is 7.90. The highest BCUT2D eigenvalue weighted by atomic mass is 32.2. The lowest BCUT2D eigenvalue weighted by Gasteiger charge is -1.97. The Labute approximate surface area is 80.5 Å². The van der Waals surface area contributed by atoms with Gasteiger partial charge in [0.2, 0.25) is 0 Å². The van der Waals surface area contributed by atoms with E-state index in [-0.39, 0.29) is 11.7 Å². The maximum absolute atomic E-state index is 10.7. The monoisotopic (exact) mass is 220 g/mol. The fourth-order valence-electron chi connectivity index (χ4n) is 0.876. The lowest BCUT2D eigenvalue weighted by Crippen LogP contribution is -2.08. The number of carboxylic acids is 1. The van der Waals surface area contributed by atoms with Gasteiger partial charge in [-0.05, 0) is 12.1 Å². The second-order valence-electron chi connectivity index (χ2n) is 2.29. The van der Waals surface area contributed by atoms with Crippen molar-refractivity contribution in [2.24, 2.45) is 0 Å². The normalized spacial score (nSPS) is 10.4. The molecular weight excluding hydrogens is 210 g/mol. The van der Waals surface area contributed by atoms with E-state index in [0.29, 0.717) is 0 Å². The van der Waals surface area contributed by atoms with Crippen LogP contribution in [0.1, 0.15) is 5.56 Å². The van der Waals surface area contributed by atoms with Crippen LogP contribution in [-0.2, 0) is 10.1 Å². The molecule has 0 atom stereocenters. The van der Waals surface area contributed by atoms with E-state index < -0.39 is 21.0 Å². The summed E-state index contributed by atoms with van der Waals surface area (Å²) in [5.41, 5.74) is -0.329. The van der Waals surface area contributed by atoms with Crippen LogP contribution in [0, 0.1) is 0 Å². The van der Waals surface area contributed by atoms with E-state index in [1.54, 1.807) is 0 Å². The molecule has 0 unspecified atom stereocenters. The maximum Gasteiger partial charge on any atom is 0.516 e. The van der Waals surface area contributed by atoms with Crippen molar-refractivity contribution in [1.29, 1.82) is 0 Å². The van der Waals surface area contributed by atoms with Gasteiger partial charge in [-0.25, -0.2) is 0 Å². The van der Waals surface area contributed by atoms with Gasteiger partial charge in [0.05, 0.1) is 0 Å². The molecule has 0 aliphatic rings. The number of carboxylic acid groups (broad SMARTS) is 1. The molecule has 0 heterocycles. The molecule has 14 heavy (non-hydrogen) atoms. The number of aromatic carboxylic acids is 1. The topological polar surface area (TPSA) is 131 Å². The summed E-state index contributed by atoms with van der Waals surface area (Å²) in [5.74, 6) is -1.15. The van der Waals surface area contributed by atoms with Crippen molar-refractivity contribution in [3.63, 3.8) is 0 Å². The number of hydrogen-bond donors (Lipinski definition) is 3. The summed E-state index contributed by atoms with van der Waals surface area (Å²) in [6, 6.07) is 5.00. The Kier molecular flexibility index (Phi) is 3.75. The smallest absolute Gasteiger partial charge is 0.344 e. The first-order valence-electron chi connectivity index (χ1n) is 3.24. The summed E-state index contributed by atoms with van der Waals surface area (Å²) in [7, 11) is -4.42. The van der Waals surface area contributed by atoms with Crippen molar-refractivity contribution in [3.8, 4) is 0 Å². The molecule has 0 aromatic heterocycles. The van der Waals surface area contributed by atoms with E-state index in [0.717, 1.165) is 6.07 Å². The number of hydrogen-bond acceptors (Lipinski definition) is 3. The van der Waals surface area contributed by atoms with Gasteiger partial charge >= 0.3 is 5.97 Å². The maximum atomic E-state index is 10.7. The molecular formula is C7H10NO5S+. The van der Waals surface area contributed by atoms with Crippen LogP contribution in [0.4, 0.5) is 0 Å². The Morgan fingerprint density at radius 2 is 1.79 bits per heavy atom. The largest absolute Gasteiger partial charge is 0.516 e. The molecule has 1 aromatic carbocycles. The zero-order chi connectivity index (χ0) is 10.1. The first-order valence-corrected chi connectivity index (χ1v) is 4.68. The molecule has 0 amide bonds. The van der Waals surface area contributed by atoms with Crippen LogP contribution in [0.25, 0.3) is 0 Å². The molecule has 0 bridgehead atoms. The molecule has 6 N–H and O–H groups in total. The number of rotatable bonds is 2. The average Bonchev–Trinajstić information content (AvgIpc) is 2.03. The Balaban J connectivity index is 0.00000169. The van der Waals surface area contributed by atoms with Crippen LogP contribution >= 0.6 is 0 Å². The fraction of sp³-hybridized carbons (Fsp3) is 0. The Morgan fingerprint density at radius 1 is 1.29 bits per heavy atom. The van der Waals surface area contributed by atoms with E-state index in [2.05, 4.69) is 0 Å². The number of aliphatic hydroxyl groups excluding tert-OH is 1. The second-order valence-corrected chi connectivity index (χ2v) is 3.68. The van der Waals surface area contributed by atoms with E-state index in [4.69, 9.17) is 14.5 Å². The van der Waals surface area contributed by atoms with E-state index >= 15 is 0 Å². The Morgan fingerprint density at radius 3 is 2.14 bits per heavy atom. The van der Waals surface area contributed by atoms with Crippen molar-refractivity contribution in [2.75, 3.05) is 0 Å². The molecule has 0 spiro atoms. The van der Waals surface area contributed by atoms with Crippen molar-refractivity contribution in [2.45, 2.75) is 4.90 Å². The fourth-order valence-corrected chi connectivity index (χ4v) is 1.56. The predicted molar refractivity (Wildman–Crippen MR) is 50.0 cm³/mol. The molecule has 6 nitrogen and oxygen atoms in total. The van der Waals surface area contributed by atoms with Gasteiger partial charge < -0.3 is 16.1 Å². The van der Waals surface area contributed by atoms with Crippen LogP contribution in [0.2, 0.25) is 0 Å². The zero-order valence-electron chi connectivity index (χ0n) is 7.08. The highest BCUT2D eigenvalue weighted by molar-refractivity contribution is 7.86. The first kappa shape index (κ1) is 12.6. The minimum Gasteiger partial charge on any atom is -0.344 e. The quantitative estimate of drug-likeness (QED) is 0.493. The van der Waals surface area contributed by atoms with E-state index in [9.17, 15) is 8.42 Å². The van der Waals surface area contributed by atoms with Crippen LogP contribution in [0.15, 0.2) is 29.2 Å². The molecule has 0 aliphatic heterocycles. The molecule has 0 saturated carbocycles. The van der Waals surface area contributed by atoms with Crippen molar-refractivity contribution < 1.29 is 22.9 Å². The highest BCUT2D eigenvalue weighted by Crippen LogP contribution is 2.14. The summed E-state index contributed by atoms with van der Waals surface area (Å²) in [4.78, 5) is 8.13. The van der Waals surface area contributed by atoms with Gasteiger partial charge in [0.1, 0.15) is 10.5 Å². The second kappa shape index (κ2) is 4.18. The highest BCUT2D eigenvalue weighted by Gasteiger charge is 2.22. The molecule has 0 aliphatic carbocycles. The van der Waals surface area contributed by atoms with Crippen LogP contribution in [-0.4, -0.2) is 28.8 Å². The summed E-state index contributed by atoms with van der Waals surface area (Å²) in [5, 5.41) is 8.66. The molecule has 7 heteroatoms. The third-order valence-electron chi connectivity index (χ3n) is 1.41. The van der Waals surface area contributed by atoms with Crippen LogP contribution in [0.3, 0.4) is 0 Å². The van der Waals surface area contributed by atoms with Crippen molar-refractivity contribution in [3.05, 3.63) is 29.8 Å². The van der Waals surface area contributed by atoms with Crippen LogP contribution in [0.5, 0.6) is 0 Å². The third kappa shape index (κ3) is 2.52. The summed E-state index contributed by atoms with van der Waals surface area (Å²) in [6.45, 7) is 0. The van der Waals surface area contributed by atoms with Gasteiger partial charge in [0.15, 0.2) is 0 Å². The van der Waals surface area contributed by atoms with E-state index in [1.807, 2.05) is 0 Å². The van der Waals surface area contributed by atoms with Gasteiger partial charge in [-0.1, -0.05) is 12.1 Å². The van der Waals surface area contributed by atoms with E-state index in [1.165, 1.54) is 18.2 Å². The summed E-state index contributed by atoms with van der Waals surface area (Å²) in [6.07, 6.45) is 0. The lowest BCUT2D eigenvalue weighted by atomic mass is 10.2. The SMILES string of the molecule is N.O=S(=O)(O)c1ccccc1C(O)=[OH+]. The molecule has 0 fully saturated rings. The van der Waals surface area contributed by atoms with Gasteiger partial charge in [0, 0.05) is 0 Å². The van der Waals surface area contributed by atoms with Crippen molar-refractivity contribution >= 4 is 16.1 Å². The number of benzene rings is 1. The lowest BCUT2D eigenvalue weighted by molar-refractivity contribution is 0.457. The molecule has 78 valence electrons. The predicted octanol–water partition coefficient (Wildman–Crippen LogP) is 0.504. The van der Waals surface area contributed by atoms with Gasteiger partial charge in [-0.15, -0.1) is 0 Å². The van der Waals surface area contributed by atoms with Gasteiger partial charge in [-0.2, -0.15) is 8.42 Å². The van der Waals surface area contributed by atoms with Crippen molar-refractivity contribution in [1.82, 2.24) is 6.15 Å². The Hall–Kier alpha value is -1.44. The minimum absolute atomic E-state index is 0. The summed E-state index contributed by atoms with van der Waals surface area (Å²) >= 11 is 0. The molecule has 0 radical (unpaired) electrons. The third-order valence-corrected chi connectivity index (χ3v) is 2.32. The van der Waals surface area contributed by atoms with Gasteiger partial charge in [-0.3, -0.25) is 4.55 Å². The molecule has 1 rings (SSSR count). The average molecular weight is 220 g/mol. The minimum atomic E-state index is -4.42. The summed E-state index contributed by atoms with van der Waals surface area (Å²) < 4.78 is 30.0.